The molecule has 4 atom stereocenters. The number of ether oxygens (including phenoxy) is 3. The van der Waals surface area contributed by atoms with E-state index in [9.17, 15) is 10.2 Å². The largest absolute Gasteiger partial charge is 0.504 e. The van der Waals surface area contributed by atoms with Gasteiger partial charge >= 0.3 is 0 Å². The minimum Gasteiger partial charge on any atom is -0.504 e. The number of hydrogen-bond donors (Lipinski definition) is 2. The maximum atomic E-state index is 10.7. The number of benzene rings is 3. The summed E-state index contributed by atoms with van der Waals surface area (Å²) in [6.45, 7) is 1.00. The Labute approximate surface area is 143 Å². The van der Waals surface area contributed by atoms with Gasteiger partial charge in [0, 0.05) is 16.5 Å². The molecule has 2 saturated heterocycles. The number of epoxide rings is 2. The lowest BCUT2D eigenvalue weighted by Crippen LogP contribution is -2.06. The summed E-state index contributed by atoms with van der Waals surface area (Å²) < 4.78 is 17.2. The van der Waals surface area contributed by atoms with Crippen molar-refractivity contribution in [3.63, 3.8) is 0 Å². The van der Waals surface area contributed by atoms with Crippen molar-refractivity contribution in [2.45, 2.75) is 24.4 Å². The molecule has 3 aliphatic heterocycles. The van der Waals surface area contributed by atoms with Gasteiger partial charge in [0.1, 0.15) is 24.4 Å². The second kappa shape index (κ2) is 4.64. The van der Waals surface area contributed by atoms with Crippen molar-refractivity contribution in [2.75, 3.05) is 13.2 Å². The first kappa shape index (κ1) is 13.9. The Hall–Kier alpha value is -2.34. The van der Waals surface area contributed by atoms with Crippen LogP contribution in [-0.2, 0) is 14.2 Å². The lowest BCUT2D eigenvalue weighted by molar-refractivity contribution is 0.102. The van der Waals surface area contributed by atoms with Gasteiger partial charge in [0.2, 0.25) is 0 Å². The fourth-order valence-electron chi connectivity index (χ4n) is 4.13. The average molecular weight is 336 g/mol. The molecule has 5 heteroatoms. The summed E-state index contributed by atoms with van der Waals surface area (Å²) >= 11 is 0. The summed E-state index contributed by atoms with van der Waals surface area (Å²) in [6.07, 6.45) is -0.456. The van der Waals surface area contributed by atoms with Crippen LogP contribution in [0.5, 0.6) is 11.5 Å². The number of rotatable bonds is 0. The van der Waals surface area contributed by atoms with E-state index in [-0.39, 0.29) is 35.9 Å². The predicted octanol–water partition coefficient (Wildman–Crippen LogP) is 3.31. The van der Waals surface area contributed by atoms with Crippen molar-refractivity contribution in [3.8, 4) is 11.5 Å². The molecule has 4 unspecified atom stereocenters. The first-order chi connectivity index (χ1) is 12.2. The van der Waals surface area contributed by atoms with Crippen LogP contribution >= 0.6 is 0 Å². The Morgan fingerprint density at radius 2 is 1.36 bits per heavy atom. The highest BCUT2D eigenvalue weighted by Gasteiger charge is 2.52. The fourth-order valence-corrected chi connectivity index (χ4v) is 4.13. The van der Waals surface area contributed by atoms with Crippen molar-refractivity contribution in [1.82, 2.24) is 0 Å². The van der Waals surface area contributed by atoms with E-state index < -0.39 is 0 Å². The number of hydrogen-bond acceptors (Lipinski definition) is 5. The molecule has 0 amide bonds. The van der Waals surface area contributed by atoms with Gasteiger partial charge in [-0.05, 0) is 28.3 Å². The zero-order chi connectivity index (χ0) is 16.7. The van der Waals surface area contributed by atoms with Crippen molar-refractivity contribution >= 4 is 21.5 Å². The highest BCUT2D eigenvalue weighted by Crippen LogP contribution is 2.57. The minimum atomic E-state index is -0.250. The molecule has 3 aromatic rings. The topological polar surface area (TPSA) is 74.8 Å². The Morgan fingerprint density at radius 3 is 2.04 bits per heavy atom. The lowest BCUT2D eigenvalue weighted by Gasteiger charge is -2.15. The first-order valence-corrected chi connectivity index (χ1v) is 8.51. The highest BCUT2D eigenvalue weighted by molar-refractivity contribution is 6.04. The number of phenols is 2. The zero-order valence-electron chi connectivity index (χ0n) is 13.3. The van der Waals surface area contributed by atoms with Crippen molar-refractivity contribution in [2.24, 2.45) is 0 Å². The van der Waals surface area contributed by atoms with Crippen LogP contribution in [0.2, 0.25) is 0 Å². The van der Waals surface area contributed by atoms with E-state index in [1.54, 1.807) is 0 Å². The molecule has 0 radical (unpaired) electrons. The van der Waals surface area contributed by atoms with Crippen molar-refractivity contribution in [1.29, 1.82) is 0 Å². The molecule has 126 valence electrons. The molecule has 3 aromatic carbocycles. The molecule has 25 heavy (non-hydrogen) atoms. The SMILES string of the molecule is Oc1c2c(c3cc4ccccc4cc3c1O)C1OC1COCC1OC21. The molecular weight excluding hydrogens is 320 g/mol. The van der Waals surface area contributed by atoms with Gasteiger partial charge in [0.15, 0.2) is 11.5 Å². The normalized spacial score (nSPS) is 29.9. The fraction of sp³-hybridized carbons (Fsp3) is 0.300. The summed E-state index contributed by atoms with van der Waals surface area (Å²) in [5, 5.41) is 25.0. The van der Waals surface area contributed by atoms with Crippen LogP contribution in [0.4, 0.5) is 0 Å². The van der Waals surface area contributed by atoms with E-state index in [4.69, 9.17) is 14.2 Å². The zero-order valence-corrected chi connectivity index (χ0v) is 13.3. The average Bonchev–Trinajstić information content (AvgIpc) is 3.54. The van der Waals surface area contributed by atoms with Gasteiger partial charge in [0.25, 0.3) is 0 Å². The summed E-state index contributed by atoms with van der Waals surface area (Å²) in [5.74, 6) is -0.187. The number of phenolic OH excluding ortho intramolecular Hbond substituents is 2. The molecule has 3 heterocycles. The minimum absolute atomic E-state index is 0.00476. The Kier molecular flexibility index (Phi) is 2.58. The van der Waals surface area contributed by atoms with Crippen molar-refractivity contribution in [3.05, 3.63) is 47.5 Å². The molecule has 5 nitrogen and oxygen atoms in total. The van der Waals surface area contributed by atoms with Crippen molar-refractivity contribution < 1.29 is 24.4 Å². The van der Waals surface area contributed by atoms with E-state index in [2.05, 4.69) is 6.07 Å². The monoisotopic (exact) mass is 336 g/mol. The van der Waals surface area contributed by atoms with Crippen LogP contribution in [0, 0.1) is 0 Å². The highest BCUT2D eigenvalue weighted by atomic mass is 16.6. The van der Waals surface area contributed by atoms with Crippen LogP contribution in [0.1, 0.15) is 23.3 Å². The summed E-state index contributed by atoms with van der Waals surface area (Å²) in [7, 11) is 0. The smallest absolute Gasteiger partial charge is 0.165 e. The van der Waals surface area contributed by atoms with E-state index in [1.807, 2.05) is 30.3 Å². The molecule has 3 aliphatic rings. The third-order valence-corrected chi connectivity index (χ3v) is 5.50. The van der Waals surface area contributed by atoms with Crippen LogP contribution in [0.3, 0.4) is 0 Å². The molecule has 0 aliphatic carbocycles. The lowest BCUT2D eigenvalue weighted by atomic mass is 9.90. The van der Waals surface area contributed by atoms with Gasteiger partial charge in [-0.1, -0.05) is 24.3 Å². The molecule has 2 N–H and O–H groups in total. The number of aromatic hydroxyl groups is 2. The third kappa shape index (κ3) is 1.88. The van der Waals surface area contributed by atoms with Gasteiger partial charge in [-0.25, -0.2) is 0 Å². The maximum absolute atomic E-state index is 10.7. The van der Waals surface area contributed by atoms with Crippen LogP contribution in [0.15, 0.2) is 36.4 Å². The van der Waals surface area contributed by atoms with Gasteiger partial charge in [-0.2, -0.15) is 0 Å². The third-order valence-electron chi connectivity index (χ3n) is 5.50. The molecule has 6 rings (SSSR count). The Bertz CT molecular complexity index is 1040. The van der Waals surface area contributed by atoms with Gasteiger partial charge < -0.3 is 24.4 Å². The second-order valence-electron chi connectivity index (χ2n) is 7.00. The molecule has 0 aromatic heterocycles. The van der Waals surface area contributed by atoms with Crippen LogP contribution in [0.25, 0.3) is 21.5 Å². The van der Waals surface area contributed by atoms with E-state index >= 15 is 0 Å². The molecule has 0 bridgehead atoms. The van der Waals surface area contributed by atoms with Gasteiger partial charge in [0.05, 0.1) is 13.2 Å². The van der Waals surface area contributed by atoms with E-state index in [0.29, 0.717) is 24.2 Å². The maximum Gasteiger partial charge on any atom is 0.165 e. The first-order valence-electron chi connectivity index (χ1n) is 8.51. The molecule has 2 fully saturated rings. The summed E-state index contributed by atoms with van der Waals surface area (Å²) in [6, 6.07) is 12.0. The summed E-state index contributed by atoms with van der Waals surface area (Å²) in [4.78, 5) is 0. The molecular formula is C20H16O5. The van der Waals surface area contributed by atoms with E-state index in [1.165, 1.54) is 0 Å². The number of fused-ring (bicyclic) bond motifs is 8. The van der Waals surface area contributed by atoms with Crippen LogP contribution in [-0.4, -0.2) is 35.6 Å². The standard InChI is InChI=1S/C20H16O5/c21-17-12-6-10-4-2-1-3-9(10)5-11(12)15-16(18(17)22)20-14(25-20)8-23-7-13-19(15)24-13/h1-6,13-14,19-22H,7-8H2. The Morgan fingerprint density at radius 1 is 0.760 bits per heavy atom. The summed E-state index contributed by atoms with van der Waals surface area (Å²) in [5.41, 5.74) is 1.59. The van der Waals surface area contributed by atoms with Crippen LogP contribution < -0.4 is 0 Å². The molecule has 0 saturated carbocycles. The second-order valence-corrected chi connectivity index (χ2v) is 7.00. The predicted molar refractivity (Wildman–Crippen MR) is 90.8 cm³/mol. The van der Waals surface area contributed by atoms with Gasteiger partial charge in [-0.3, -0.25) is 0 Å². The van der Waals surface area contributed by atoms with Gasteiger partial charge in [-0.15, -0.1) is 0 Å². The van der Waals surface area contributed by atoms with E-state index in [0.717, 1.165) is 21.7 Å². The molecule has 0 spiro atoms. The Balaban J connectivity index is 1.73. The quantitative estimate of drug-likeness (QED) is 0.374.